The summed E-state index contributed by atoms with van der Waals surface area (Å²) in [5.74, 6) is 2.52. The van der Waals surface area contributed by atoms with Crippen LogP contribution >= 0.6 is 0 Å². The lowest BCUT2D eigenvalue weighted by Gasteiger charge is -2.46. The number of piperidine rings is 2. The summed E-state index contributed by atoms with van der Waals surface area (Å²) in [4.78, 5) is 49.0. The Hall–Kier alpha value is -4.79. The average Bonchev–Trinajstić information content (AvgIpc) is 3.44. The molecule has 53 heavy (non-hydrogen) atoms. The lowest BCUT2D eigenvalue weighted by Crippen LogP contribution is -2.58. The molecule has 0 spiro atoms. The third kappa shape index (κ3) is 5.96. The average molecular weight is 720 g/mol. The first-order valence-electron chi connectivity index (χ1n) is 19.1. The molecule has 14 heteroatoms. The molecule has 1 saturated carbocycles. The predicted molar refractivity (Wildman–Crippen MR) is 197 cm³/mol. The highest BCUT2D eigenvalue weighted by Gasteiger charge is 2.56. The molecule has 7 aliphatic rings. The van der Waals surface area contributed by atoms with Crippen molar-refractivity contribution >= 4 is 34.9 Å². The summed E-state index contributed by atoms with van der Waals surface area (Å²) >= 11 is 0. The van der Waals surface area contributed by atoms with Crippen molar-refractivity contribution in [3.8, 4) is 17.0 Å². The molecule has 276 valence electrons. The van der Waals surface area contributed by atoms with Gasteiger partial charge in [0.15, 0.2) is 5.82 Å². The van der Waals surface area contributed by atoms with Crippen molar-refractivity contribution in [1.29, 1.82) is 0 Å². The summed E-state index contributed by atoms with van der Waals surface area (Å²) < 4.78 is 6.27. The predicted octanol–water partition coefficient (Wildman–Crippen LogP) is 1.61. The van der Waals surface area contributed by atoms with Gasteiger partial charge in [-0.15, -0.1) is 10.2 Å². The lowest BCUT2D eigenvalue weighted by atomic mass is 10.0. The van der Waals surface area contributed by atoms with Crippen molar-refractivity contribution in [2.45, 2.75) is 37.6 Å². The van der Waals surface area contributed by atoms with Crippen LogP contribution in [0.4, 0.5) is 17.2 Å². The molecule has 1 aliphatic carbocycles. The number of carbonyl (C=O) groups excluding carboxylic acids is 3. The van der Waals surface area contributed by atoms with Gasteiger partial charge in [0.05, 0.1) is 30.1 Å². The fraction of sp³-hybridized carbons (Fsp3) is 0.513. The molecule has 2 unspecified atom stereocenters. The van der Waals surface area contributed by atoms with Crippen molar-refractivity contribution in [3.63, 3.8) is 0 Å². The molecule has 0 radical (unpaired) electrons. The summed E-state index contributed by atoms with van der Waals surface area (Å²) in [6.45, 7) is 10.9. The first-order chi connectivity index (χ1) is 25.9. The van der Waals surface area contributed by atoms with Gasteiger partial charge in [0.1, 0.15) is 11.8 Å². The fourth-order valence-electron chi connectivity index (χ4n) is 9.90. The van der Waals surface area contributed by atoms with Crippen LogP contribution in [0.2, 0.25) is 0 Å². The topological polar surface area (TPSA) is 147 Å². The molecule has 0 bridgehead atoms. The van der Waals surface area contributed by atoms with E-state index < -0.39 is 6.04 Å². The van der Waals surface area contributed by atoms with Gasteiger partial charge in [0.2, 0.25) is 11.8 Å². The normalized spacial score (nSPS) is 29.7. The van der Waals surface area contributed by atoms with Gasteiger partial charge in [0, 0.05) is 95.2 Å². The molecule has 2 aromatic carbocycles. The number of rotatable bonds is 7. The lowest BCUT2D eigenvalue weighted by molar-refractivity contribution is -0.136. The number of ether oxygens (including phenoxy) is 1. The molecule has 6 aliphatic heterocycles. The van der Waals surface area contributed by atoms with Gasteiger partial charge in [-0.2, -0.15) is 0 Å². The molecule has 3 amide bonds. The minimum atomic E-state index is -0.602. The van der Waals surface area contributed by atoms with Crippen LogP contribution in [0, 0.1) is 17.8 Å². The maximum absolute atomic E-state index is 13.2. The van der Waals surface area contributed by atoms with Crippen molar-refractivity contribution in [3.05, 3.63) is 59.7 Å². The number of phenols is 1. The van der Waals surface area contributed by atoms with Crippen LogP contribution in [0.3, 0.4) is 0 Å². The molecule has 3 aromatic rings. The van der Waals surface area contributed by atoms with E-state index in [4.69, 9.17) is 4.74 Å². The third-order valence-corrected chi connectivity index (χ3v) is 12.7. The van der Waals surface area contributed by atoms with Crippen molar-refractivity contribution in [2.24, 2.45) is 17.8 Å². The largest absolute Gasteiger partial charge is 0.507 e. The molecular formula is C39H45N9O5. The Kier molecular flexibility index (Phi) is 8.03. The van der Waals surface area contributed by atoms with Crippen LogP contribution in [0.25, 0.3) is 11.3 Å². The monoisotopic (exact) mass is 719 g/mol. The molecule has 5 fully saturated rings. The first-order valence-corrected chi connectivity index (χ1v) is 19.1. The van der Waals surface area contributed by atoms with Gasteiger partial charge in [-0.25, -0.2) is 0 Å². The number of imide groups is 1. The van der Waals surface area contributed by atoms with Gasteiger partial charge < -0.3 is 34.8 Å². The summed E-state index contributed by atoms with van der Waals surface area (Å²) in [5, 5.41) is 25.1. The summed E-state index contributed by atoms with van der Waals surface area (Å²) in [5.41, 5.74) is 5.12. The van der Waals surface area contributed by atoms with Crippen LogP contribution in [0.15, 0.2) is 48.5 Å². The van der Waals surface area contributed by atoms with E-state index in [0.29, 0.717) is 42.4 Å². The zero-order valence-corrected chi connectivity index (χ0v) is 29.7. The van der Waals surface area contributed by atoms with Crippen LogP contribution in [0.1, 0.15) is 28.8 Å². The highest BCUT2D eigenvalue weighted by atomic mass is 16.5. The van der Waals surface area contributed by atoms with E-state index in [1.165, 1.54) is 0 Å². The number of benzene rings is 2. The van der Waals surface area contributed by atoms with Crippen molar-refractivity contribution in [2.75, 3.05) is 87.2 Å². The maximum Gasteiger partial charge on any atom is 0.255 e. The van der Waals surface area contributed by atoms with E-state index in [1.54, 1.807) is 11.0 Å². The first kappa shape index (κ1) is 32.8. The molecule has 4 saturated heterocycles. The molecule has 1 aromatic heterocycles. The summed E-state index contributed by atoms with van der Waals surface area (Å²) in [7, 11) is 0. The highest BCUT2D eigenvalue weighted by molar-refractivity contribution is 6.05. The summed E-state index contributed by atoms with van der Waals surface area (Å²) in [6, 6.07) is 15.1. The number of nitrogens with one attached hydrogen (secondary N) is 2. The van der Waals surface area contributed by atoms with Gasteiger partial charge in [0.25, 0.3) is 5.91 Å². The maximum atomic E-state index is 13.2. The molecular weight excluding hydrogens is 674 g/mol. The number of likely N-dealkylation sites (tertiary alicyclic amines) is 1. The standard InChI is InChI=1S/C39H45N9O5/c49-35-4-2-1-3-28(35)32-14-34-37(43-42-32)40-15-25-17-44(9-10-47(25)34)20-29-30-21-45(22-31(29)30)18-26-19-46(11-12-53-26)24-5-6-27-23(13-24)16-48(39(27)52)33-7-8-36(50)41-38(33)51/h1-6,13-14,25-26,29-31,33,49H,7-12,15-22H2,(H,40,43)(H,41,50,51)/t25-,26-,29?,30-,31+,33?/m0/s1. The SMILES string of the molecule is O=C1CCC(N2Cc3cc(N4CCO[C@@H](CN5C[C@@H]6C(CN7CCN8c9cc(-c%10ccccc%10O)nnc9NC[C@H]8C7)[C@@H]6C5)C4)ccc3C2=O)C(=O)N1. The van der Waals surface area contributed by atoms with Crippen molar-refractivity contribution < 1.29 is 24.2 Å². The highest BCUT2D eigenvalue weighted by Crippen LogP contribution is 2.52. The molecule has 3 N–H and O–H groups in total. The summed E-state index contributed by atoms with van der Waals surface area (Å²) in [6.07, 6.45) is 0.746. The van der Waals surface area contributed by atoms with E-state index in [-0.39, 0.29) is 36.0 Å². The van der Waals surface area contributed by atoms with Crippen molar-refractivity contribution in [1.82, 2.24) is 30.2 Å². The quantitative estimate of drug-likeness (QED) is 0.305. The second kappa shape index (κ2) is 13.0. The smallest absolute Gasteiger partial charge is 0.255 e. The van der Waals surface area contributed by atoms with Crippen LogP contribution in [-0.4, -0.2) is 138 Å². The minimum absolute atomic E-state index is 0.125. The van der Waals surface area contributed by atoms with Gasteiger partial charge in [-0.1, -0.05) is 12.1 Å². The van der Waals surface area contributed by atoms with E-state index in [9.17, 15) is 19.5 Å². The second-order valence-electron chi connectivity index (χ2n) is 15.9. The number of morpholine rings is 1. The zero-order chi connectivity index (χ0) is 35.8. The number of hydrogen-bond acceptors (Lipinski definition) is 12. The number of carbonyl (C=O) groups is 3. The Morgan fingerprint density at radius 3 is 2.58 bits per heavy atom. The second-order valence-corrected chi connectivity index (χ2v) is 15.9. The number of para-hydroxylation sites is 1. The Balaban J connectivity index is 0.708. The van der Waals surface area contributed by atoms with Crippen LogP contribution in [-0.2, 0) is 20.9 Å². The van der Waals surface area contributed by atoms with Gasteiger partial charge >= 0.3 is 0 Å². The zero-order valence-electron chi connectivity index (χ0n) is 29.7. The number of aromatic nitrogens is 2. The number of nitrogens with zero attached hydrogens (tertiary/aromatic N) is 7. The minimum Gasteiger partial charge on any atom is -0.507 e. The molecule has 7 heterocycles. The molecule has 14 nitrogen and oxygen atoms in total. The third-order valence-electron chi connectivity index (χ3n) is 12.7. The van der Waals surface area contributed by atoms with Crippen LogP contribution < -0.4 is 20.4 Å². The Labute approximate surface area is 308 Å². The fourth-order valence-corrected chi connectivity index (χ4v) is 9.90. The molecule has 6 atom stereocenters. The number of hydrogen-bond donors (Lipinski definition) is 3. The van der Waals surface area contributed by atoms with Gasteiger partial charge in [-0.05, 0) is 66.1 Å². The van der Waals surface area contributed by atoms with Crippen LogP contribution in [0.5, 0.6) is 5.75 Å². The Bertz CT molecular complexity index is 1960. The number of amides is 3. The van der Waals surface area contributed by atoms with Gasteiger partial charge in [-0.3, -0.25) is 24.6 Å². The number of aromatic hydroxyl groups is 1. The number of fused-ring (bicyclic) bond motifs is 5. The number of phenolic OH excluding ortho intramolecular Hbond substituents is 1. The Morgan fingerprint density at radius 2 is 1.74 bits per heavy atom. The Morgan fingerprint density at radius 1 is 0.868 bits per heavy atom. The number of anilines is 3. The van der Waals surface area contributed by atoms with E-state index >= 15 is 0 Å². The molecule has 10 rings (SSSR count). The van der Waals surface area contributed by atoms with E-state index in [0.717, 1.165) is 106 Å². The number of piperazine rings is 1. The van der Waals surface area contributed by atoms with E-state index in [1.807, 2.05) is 30.3 Å². The van der Waals surface area contributed by atoms with E-state index in [2.05, 4.69) is 52.6 Å².